The lowest BCUT2D eigenvalue weighted by atomic mass is 9.94. The predicted molar refractivity (Wildman–Crippen MR) is 163 cm³/mol. The zero-order chi connectivity index (χ0) is 27.9. The quantitative estimate of drug-likeness (QED) is 0.0835. The van der Waals surface area contributed by atoms with Crippen molar-refractivity contribution in [3.05, 3.63) is 0 Å². The molecular weight excluding hydrogens is 472 g/mol. The SMILES string of the molecule is CCCCCCCCCCCCCCCCC(CCCCCCCCCCCCCCCC(=O)O)C(=O)O. The highest BCUT2D eigenvalue weighted by Crippen LogP contribution is 2.20. The second-order valence-electron chi connectivity index (χ2n) is 11.9. The van der Waals surface area contributed by atoms with Crippen LogP contribution in [0.2, 0.25) is 0 Å². The molecule has 4 heteroatoms. The highest BCUT2D eigenvalue weighted by atomic mass is 16.4. The lowest BCUT2D eigenvalue weighted by molar-refractivity contribution is -0.142. The van der Waals surface area contributed by atoms with Crippen LogP contribution in [0.5, 0.6) is 0 Å². The normalized spacial score (nSPS) is 12.1. The molecule has 0 aliphatic rings. The van der Waals surface area contributed by atoms with Crippen molar-refractivity contribution in [1.82, 2.24) is 0 Å². The van der Waals surface area contributed by atoms with E-state index in [1.165, 1.54) is 148 Å². The molecule has 0 heterocycles. The third-order valence-corrected chi connectivity index (χ3v) is 8.20. The second-order valence-corrected chi connectivity index (χ2v) is 11.9. The van der Waals surface area contributed by atoms with E-state index in [0.29, 0.717) is 6.42 Å². The number of carboxylic acids is 2. The van der Waals surface area contributed by atoms with Gasteiger partial charge in [-0.25, -0.2) is 0 Å². The monoisotopic (exact) mass is 538 g/mol. The molecule has 0 fully saturated rings. The van der Waals surface area contributed by atoms with Crippen LogP contribution in [0.15, 0.2) is 0 Å². The van der Waals surface area contributed by atoms with E-state index in [4.69, 9.17) is 5.11 Å². The molecule has 0 amide bonds. The van der Waals surface area contributed by atoms with Crippen LogP contribution in [0, 0.1) is 5.92 Å². The van der Waals surface area contributed by atoms with Gasteiger partial charge in [-0.15, -0.1) is 0 Å². The Balaban J connectivity index is 3.40. The summed E-state index contributed by atoms with van der Waals surface area (Å²) in [4.78, 5) is 22.1. The van der Waals surface area contributed by atoms with Crippen molar-refractivity contribution in [2.75, 3.05) is 0 Å². The summed E-state index contributed by atoms with van der Waals surface area (Å²) in [5.41, 5.74) is 0. The molecule has 1 atom stereocenters. The van der Waals surface area contributed by atoms with Crippen LogP contribution in [-0.2, 0) is 9.59 Å². The largest absolute Gasteiger partial charge is 0.481 e. The zero-order valence-corrected chi connectivity index (χ0v) is 25.5. The molecule has 0 spiro atoms. The van der Waals surface area contributed by atoms with Crippen molar-refractivity contribution < 1.29 is 19.8 Å². The van der Waals surface area contributed by atoms with Gasteiger partial charge in [-0.1, -0.05) is 174 Å². The number of carbonyl (C=O) groups is 2. The number of carboxylic acid groups (broad SMARTS) is 2. The summed E-state index contributed by atoms with van der Waals surface area (Å²) in [5, 5.41) is 18.2. The van der Waals surface area contributed by atoms with Gasteiger partial charge in [0.15, 0.2) is 0 Å². The Morgan fingerprint density at radius 3 is 0.947 bits per heavy atom. The number of aliphatic carboxylic acids is 2. The van der Waals surface area contributed by atoms with Crippen molar-refractivity contribution in [2.24, 2.45) is 5.92 Å². The Hall–Kier alpha value is -1.06. The first-order valence-corrected chi connectivity index (χ1v) is 17.0. The van der Waals surface area contributed by atoms with Crippen LogP contribution < -0.4 is 0 Å². The topological polar surface area (TPSA) is 74.6 Å². The number of hydrogen-bond donors (Lipinski definition) is 2. The van der Waals surface area contributed by atoms with Crippen molar-refractivity contribution >= 4 is 11.9 Å². The van der Waals surface area contributed by atoms with Gasteiger partial charge in [0.1, 0.15) is 0 Å². The Labute approximate surface area is 237 Å². The Kier molecular flexibility index (Phi) is 29.6. The van der Waals surface area contributed by atoms with E-state index >= 15 is 0 Å². The van der Waals surface area contributed by atoms with E-state index in [1.807, 2.05) is 0 Å². The number of unbranched alkanes of at least 4 members (excludes halogenated alkanes) is 25. The summed E-state index contributed by atoms with van der Waals surface area (Å²) in [6, 6.07) is 0. The molecule has 0 aromatic carbocycles. The fourth-order valence-electron chi connectivity index (χ4n) is 5.59. The summed E-state index contributed by atoms with van der Waals surface area (Å²) in [5.74, 6) is -1.38. The van der Waals surface area contributed by atoms with Gasteiger partial charge in [0.2, 0.25) is 0 Å². The van der Waals surface area contributed by atoms with Gasteiger partial charge in [-0.3, -0.25) is 9.59 Å². The molecule has 1 unspecified atom stereocenters. The number of rotatable bonds is 32. The lowest BCUT2D eigenvalue weighted by Gasteiger charge is -2.12. The average Bonchev–Trinajstić information content (AvgIpc) is 2.89. The van der Waals surface area contributed by atoms with Crippen LogP contribution >= 0.6 is 0 Å². The maximum Gasteiger partial charge on any atom is 0.306 e. The van der Waals surface area contributed by atoms with Gasteiger partial charge < -0.3 is 10.2 Å². The fraction of sp³-hybridized carbons (Fsp3) is 0.941. The predicted octanol–water partition coefficient (Wildman–Crippen LogP) is 11.5. The first-order valence-electron chi connectivity index (χ1n) is 17.0. The van der Waals surface area contributed by atoms with Crippen molar-refractivity contribution in [1.29, 1.82) is 0 Å². The molecule has 0 rings (SSSR count). The highest BCUT2D eigenvalue weighted by molar-refractivity contribution is 5.69. The molecule has 0 saturated carbocycles. The van der Waals surface area contributed by atoms with Crippen LogP contribution in [0.25, 0.3) is 0 Å². The van der Waals surface area contributed by atoms with Crippen molar-refractivity contribution in [2.45, 2.75) is 200 Å². The molecule has 2 N–H and O–H groups in total. The van der Waals surface area contributed by atoms with Gasteiger partial charge in [0.25, 0.3) is 0 Å². The van der Waals surface area contributed by atoms with Gasteiger partial charge in [0.05, 0.1) is 5.92 Å². The fourth-order valence-corrected chi connectivity index (χ4v) is 5.59. The summed E-state index contributed by atoms with van der Waals surface area (Å²) < 4.78 is 0. The molecule has 0 aromatic rings. The average molecular weight is 539 g/mol. The third kappa shape index (κ3) is 29.5. The Bertz CT molecular complexity index is 505. The van der Waals surface area contributed by atoms with Crippen LogP contribution in [0.4, 0.5) is 0 Å². The van der Waals surface area contributed by atoms with E-state index in [9.17, 15) is 14.7 Å². The molecule has 0 aliphatic carbocycles. The zero-order valence-electron chi connectivity index (χ0n) is 25.5. The smallest absolute Gasteiger partial charge is 0.306 e. The molecule has 4 nitrogen and oxygen atoms in total. The van der Waals surface area contributed by atoms with Gasteiger partial charge >= 0.3 is 11.9 Å². The first kappa shape index (κ1) is 36.9. The van der Waals surface area contributed by atoms with E-state index in [0.717, 1.165) is 38.5 Å². The van der Waals surface area contributed by atoms with E-state index in [2.05, 4.69) is 6.92 Å². The molecule has 0 aromatic heterocycles. The minimum absolute atomic E-state index is 0.128. The number of hydrogen-bond acceptors (Lipinski definition) is 2. The third-order valence-electron chi connectivity index (χ3n) is 8.20. The Morgan fingerprint density at radius 1 is 0.421 bits per heavy atom. The van der Waals surface area contributed by atoms with Gasteiger partial charge in [0, 0.05) is 6.42 Å². The molecular formula is C34H66O4. The maximum atomic E-state index is 11.6. The standard InChI is InChI=1S/C34H66O4/c1-2-3-4-5-6-7-8-9-11-14-17-20-23-26-29-32(34(37)38)30-27-24-21-18-15-12-10-13-16-19-22-25-28-31-33(35)36/h32H,2-31H2,1H3,(H,35,36)(H,37,38). The van der Waals surface area contributed by atoms with E-state index in [-0.39, 0.29) is 5.92 Å². The molecule has 0 saturated heterocycles. The molecule has 226 valence electrons. The van der Waals surface area contributed by atoms with Gasteiger partial charge in [-0.05, 0) is 19.3 Å². The van der Waals surface area contributed by atoms with E-state index in [1.54, 1.807) is 0 Å². The Morgan fingerprint density at radius 2 is 0.684 bits per heavy atom. The minimum atomic E-state index is -0.674. The first-order chi connectivity index (χ1) is 18.6. The second kappa shape index (κ2) is 30.5. The molecule has 0 bridgehead atoms. The van der Waals surface area contributed by atoms with Crippen molar-refractivity contribution in [3.8, 4) is 0 Å². The molecule has 0 radical (unpaired) electrons. The van der Waals surface area contributed by atoms with Crippen molar-refractivity contribution in [3.63, 3.8) is 0 Å². The summed E-state index contributed by atoms with van der Waals surface area (Å²) >= 11 is 0. The maximum absolute atomic E-state index is 11.6. The highest BCUT2D eigenvalue weighted by Gasteiger charge is 2.16. The summed E-state index contributed by atoms with van der Waals surface area (Å²) in [7, 11) is 0. The molecule has 38 heavy (non-hydrogen) atoms. The minimum Gasteiger partial charge on any atom is -0.481 e. The van der Waals surface area contributed by atoms with Crippen LogP contribution in [0.1, 0.15) is 200 Å². The van der Waals surface area contributed by atoms with Crippen LogP contribution in [-0.4, -0.2) is 22.2 Å². The lowest BCUT2D eigenvalue weighted by Crippen LogP contribution is -2.13. The van der Waals surface area contributed by atoms with Crippen LogP contribution in [0.3, 0.4) is 0 Å². The molecule has 0 aliphatic heterocycles. The van der Waals surface area contributed by atoms with E-state index < -0.39 is 11.9 Å². The summed E-state index contributed by atoms with van der Waals surface area (Å²) in [6.07, 6.45) is 36.5. The van der Waals surface area contributed by atoms with Gasteiger partial charge in [-0.2, -0.15) is 0 Å². The summed E-state index contributed by atoms with van der Waals surface area (Å²) in [6.45, 7) is 2.28.